The second-order valence-corrected chi connectivity index (χ2v) is 6.96. The van der Waals surface area contributed by atoms with Gasteiger partial charge >= 0.3 is 0 Å². The van der Waals surface area contributed by atoms with Gasteiger partial charge in [0.25, 0.3) is 0 Å². The fourth-order valence-electron chi connectivity index (χ4n) is 3.91. The minimum absolute atomic E-state index is 0.218. The van der Waals surface area contributed by atoms with Crippen LogP contribution >= 0.6 is 0 Å². The molecule has 0 amide bonds. The van der Waals surface area contributed by atoms with Crippen molar-refractivity contribution in [2.75, 3.05) is 19.6 Å². The highest BCUT2D eigenvalue weighted by molar-refractivity contribution is 5.26. The fraction of sp³-hybridized carbons (Fsp3) is 0.450. The van der Waals surface area contributed by atoms with Crippen molar-refractivity contribution in [2.24, 2.45) is 5.92 Å². The summed E-state index contributed by atoms with van der Waals surface area (Å²) in [4.78, 5) is 7.06. The van der Waals surface area contributed by atoms with E-state index in [0.717, 1.165) is 51.1 Å². The van der Waals surface area contributed by atoms with Gasteiger partial charge in [-0.05, 0) is 67.5 Å². The lowest BCUT2D eigenvalue weighted by atomic mass is 10.0. The first kappa shape index (κ1) is 15.6. The largest absolute Gasteiger partial charge is 0.490 e. The summed E-state index contributed by atoms with van der Waals surface area (Å²) in [6.07, 6.45) is 6.50. The SMILES string of the molecule is Fc1ccc(OC2CCN(CC3Cc4cccnc4C3)CC2)cc1. The van der Waals surface area contributed by atoms with E-state index >= 15 is 0 Å². The number of piperidine rings is 1. The number of aromatic nitrogens is 1. The number of nitrogens with zero attached hydrogens (tertiary/aromatic N) is 2. The van der Waals surface area contributed by atoms with Crippen molar-refractivity contribution in [1.29, 1.82) is 0 Å². The average molecular weight is 326 g/mol. The van der Waals surface area contributed by atoms with Crippen LogP contribution in [0.25, 0.3) is 0 Å². The average Bonchev–Trinajstić information content (AvgIpc) is 3.01. The smallest absolute Gasteiger partial charge is 0.123 e. The van der Waals surface area contributed by atoms with E-state index < -0.39 is 0 Å². The summed E-state index contributed by atoms with van der Waals surface area (Å²) in [5.74, 6) is 1.25. The van der Waals surface area contributed by atoms with Gasteiger partial charge in [0.2, 0.25) is 0 Å². The van der Waals surface area contributed by atoms with Crippen LogP contribution in [0.4, 0.5) is 4.39 Å². The molecule has 4 heteroatoms. The second-order valence-electron chi connectivity index (χ2n) is 6.96. The molecule has 2 heterocycles. The maximum Gasteiger partial charge on any atom is 0.123 e. The van der Waals surface area contributed by atoms with Gasteiger partial charge in [0.05, 0.1) is 0 Å². The zero-order valence-corrected chi connectivity index (χ0v) is 13.8. The van der Waals surface area contributed by atoms with E-state index in [1.165, 1.54) is 23.4 Å². The molecule has 1 aliphatic heterocycles. The topological polar surface area (TPSA) is 25.4 Å². The van der Waals surface area contributed by atoms with Crippen molar-refractivity contribution in [3.63, 3.8) is 0 Å². The molecule has 1 fully saturated rings. The molecule has 1 atom stereocenters. The number of hydrogen-bond donors (Lipinski definition) is 0. The third kappa shape index (κ3) is 3.59. The van der Waals surface area contributed by atoms with Crippen LogP contribution in [0.1, 0.15) is 24.1 Å². The molecular weight excluding hydrogens is 303 g/mol. The van der Waals surface area contributed by atoms with E-state index in [4.69, 9.17) is 4.74 Å². The first-order valence-electron chi connectivity index (χ1n) is 8.83. The molecule has 0 bridgehead atoms. The highest BCUT2D eigenvalue weighted by atomic mass is 19.1. The molecule has 3 nitrogen and oxygen atoms in total. The third-order valence-electron chi connectivity index (χ3n) is 5.14. The molecule has 24 heavy (non-hydrogen) atoms. The predicted octanol–water partition coefficient (Wildman–Crippen LogP) is 3.48. The number of rotatable bonds is 4. The van der Waals surface area contributed by atoms with Gasteiger partial charge in [0.15, 0.2) is 0 Å². The van der Waals surface area contributed by atoms with Crippen LogP contribution in [-0.2, 0) is 12.8 Å². The Morgan fingerprint density at radius 2 is 1.88 bits per heavy atom. The number of pyridine rings is 1. The summed E-state index contributed by atoms with van der Waals surface area (Å²) in [6, 6.07) is 10.6. The Labute approximate surface area is 142 Å². The van der Waals surface area contributed by atoms with Crippen molar-refractivity contribution < 1.29 is 9.13 Å². The van der Waals surface area contributed by atoms with Crippen molar-refractivity contribution in [1.82, 2.24) is 9.88 Å². The number of hydrogen-bond acceptors (Lipinski definition) is 3. The Morgan fingerprint density at radius 3 is 2.62 bits per heavy atom. The Bertz CT molecular complexity index is 655. The quantitative estimate of drug-likeness (QED) is 0.860. The summed E-state index contributed by atoms with van der Waals surface area (Å²) >= 11 is 0. The van der Waals surface area contributed by atoms with Crippen LogP contribution < -0.4 is 4.74 Å². The van der Waals surface area contributed by atoms with Crippen molar-refractivity contribution in [2.45, 2.75) is 31.8 Å². The van der Waals surface area contributed by atoms with E-state index in [2.05, 4.69) is 16.0 Å². The molecule has 0 spiro atoms. The van der Waals surface area contributed by atoms with Crippen LogP contribution in [-0.4, -0.2) is 35.6 Å². The molecule has 126 valence electrons. The van der Waals surface area contributed by atoms with Crippen molar-refractivity contribution in [3.8, 4) is 5.75 Å². The van der Waals surface area contributed by atoms with Gasteiger partial charge in [-0.2, -0.15) is 0 Å². The Hall–Kier alpha value is -1.94. The van der Waals surface area contributed by atoms with Gasteiger partial charge in [-0.15, -0.1) is 0 Å². The molecule has 1 aromatic heterocycles. The third-order valence-corrected chi connectivity index (χ3v) is 5.14. The van der Waals surface area contributed by atoms with Crippen LogP contribution in [0, 0.1) is 11.7 Å². The van der Waals surface area contributed by atoms with Gasteiger partial charge in [0.1, 0.15) is 17.7 Å². The lowest BCUT2D eigenvalue weighted by Crippen LogP contribution is -2.40. The van der Waals surface area contributed by atoms with Crippen LogP contribution in [0.15, 0.2) is 42.6 Å². The van der Waals surface area contributed by atoms with E-state index in [0.29, 0.717) is 5.92 Å². The van der Waals surface area contributed by atoms with Gasteiger partial charge < -0.3 is 9.64 Å². The zero-order chi connectivity index (χ0) is 16.4. The summed E-state index contributed by atoms with van der Waals surface area (Å²) < 4.78 is 18.9. The molecule has 1 aromatic carbocycles. The number of likely N-dealkylation sites (tertiary alicyclic amines) is 1. The lowest BCUT2D eigenvalue weighted by Gasteiger charge is -2.33. The molecule has 4 rings (SSSR count). The first-order valence-corrected chi connectivity index (χ1v) is 8.83. The van der Waals surface area contributed by atoms with Gasteiger partial charge in [0, 0.05) is 31.5 Å². The van der Waals surface area contributed by atoms with Crippen LogP contribution in [0.3, 0.4) is 0 Å². The minimum Gasteiger partial charge on any atom is -0.490 e. The van der Waals surface area contributed by atoms with E-state index in [9.17, 15) is 4.39 Å². The molecule has 2 aromatic rings. The van der Waals surface area contributed by atoms with Crippen molar-refractivity contribution in [3.05, 3.63) is 59.7 Å². The minimum atomic E-state index is -0.218. The normalized spacial score (nSPS) is 21.6. The Balaban J connectivity index is 1.24. The van der Waals surface area contributed by atoms with Crippen LogP contribution in [0.5, 0.6) is 5.75 Å². The lowest BCUT2D eigenvalue weighted by molar-refractivity contribution is 0.0918. The predicted molar refractivity (Wildman–Crippen MR) is 91.6 cm³/mol. The standard InChI is InChI=1S/C20H23FN2O/c21-17-3-5-18(6-4-17)24-19-7-10-23(11-8-19)14-15-12-16-2-1-9-22-20(16)13-15/h1-6,9,15,19H,7-8,10-14H2. The highest BCUT2D eigenvalue weighted by Crippen LogP contribution is 2.27. The molecule has 0 saturated carbocycles. The van der Waals surface area contributed by atoms with E-state index in [1.54, 1.807) is 12.1 Å². The molecule has 2 aliphatic rings. The summed E-state index contributed by atoms with van der Waals surface area (Å²) in [5.41, 5.74) is 2.72. The number of ether oxygens (including phenoxy) is 1. The zero-order valence-electron chi connectivity index (χ0n) is 13.8. The Morgan fingerprint density at radius 1 is 1.08 bits per heavy atom. The maximum atomic E-state index is 12.9. The van der Waals surface area contributed by atoms with Gasteiger partial charge in [-0.3, -0.25) is 4.98 Å². The number of halogens is 1. The molecule has 1 aliphatic carbocycles. The van der Waals surface area contributed by atoms with E-state index in [-0.39, 0.29) is 11.9 Å². The Kier molecular flexibility index (Phi) is 4.48. The summed E-state index contributed by atoms with van der Waals surface area (Å²) in [6.45, 7) is 3.30. The van der Waals surface area contributed by atoms with E-state index in [1.807, 2.05) is 12.3 Å². The van der Waals surface area contributed by atoms with Crippen LogP contribution in [0.2, 0.25) is 0 Å². The van der Waals surface area contributed by atoms with Gasteiger partial charge in [-0.25, -0.2) is 4.39 Å². The maximum absolute atomic E-state index is 12.9. The second kappa shape index (κ2) is 6.89. The molecular formula is C20H23FN2O. The fourth-order valence-corrected chi connectivity index (χ4v) is 3.91. The highest BCUT2D eigenvalue weighted by Gasteiger charge is 2.27. The number of fused-ring (bicyclic) bond motifs is 1. The molecule has 0 N–H and O–H groups in total. The first-order chi connectivity index (χ1) is 11.8. The molecule has 1 saturated heterocycles. The summed E-state index contributed by atoms with van der Waals surface area (Å²) in [5, 5.41) is 0. The number of benzene rings is 1. The van der Waals surface area contributed by atoms with Crippen molar-refractivity contribution >= 4 is 0 Å². The van der Waals surface area contributed by atoms with Gasteiger partial charge in [-0.1, -0.05) is 6.07 Å². The summed E-state index contributed by atoms with van der Waals surface area (Å²) in [7, 11) is 0. The monoisotopic (exact) mass is 326 g/mol. The molecule has 1 unspecified atom stereocenters. The molecule has 0 radical (unpaired) electrons.